The van der Waals surface area contributed by atoms with Crippen molar-refractivity contribution < 1.29 is 0 Å². The van der Waals surface area contributed by atoms with Crippen LogP contribution >= 0.6 is 0 Å². The summed E-state index contributed by atoms with van der Waals surface area (Å²) in [6.07, 6.45) is 3.39. The van der Waals surface area contributed by atoms with Gasteiger partial charge in [0.05, 0.1) is 12.2 Å². The Hall–Kier alpha value is -1.75. The van der Waals surface area contributed by atoms with Crippen LogP contribution in [0, 0.1) is 6.92 Å². The first kappa shape index (κ1) is 8.83. The molecular formula is C9H11N5. The van der Waals surface area contributed by atoms with Gasteiger partial charge in [-0.3, -0.25) is 4.98 Å². The first-order valence-corrected chi connectivity index (χ1v) is 4.33. The number of rotatable bonds is 2. The van der Waals surface area contributed by atoms with Crippen LogP contribution in [0.25, 0.3) is 5.69 Å². The Bertz CT molecular complexity index is 434. The molecule has 14 heavy (non-hydrogen) atoms. The highest BCUT2D eigenvalue weighted by Gasteiger charge is 2.00. The van der Waals surface area contributed by atoms with E-state index in [9.17, 15) is 0 Å². The molecule has 0 saturated carbocycles. The van der Waals surface area contributed by atoms with E-state index in [1.165, 1.54) is 0 Å². The molecule has 5 nitrogen and oxygen atoms in total. The van der Waals surface area contributed by atoms with Crippen molar-refractivity contribution in [2.45, 2.75) is 13.5 Å². The maximum atomic E-state index is 5.42. The molecule has 0 aliphatic carbocycles. The molecule has 2 aromatic heterocycles. The third-order valence-corrected chi connectivity index (χ3v) is 1.87. The van der Waals surface area contributed by atoms with Crippen LogP contribution in [-0.2, 0) is 6.54 Å². The van der Waals surface area contributed by atoms with Crippen molar-refractivity contribution in [1.82, 2.24) is 19.7 Å². The second kappa shape index (κ2) is 3.55. The lowest BCUT2D eigenvalue weighted by Crippen LogP contribution is -2.01. The molecule has 0 atom stereocenters. The number of nitrogens with zero attached hydrogens (tertiary/aromatic N) is 4. The highest BCUT2D eigenvalue weighted by atomic mass is 15.3. The van der Waals surface area contributed by atoms with Gasteiger partial charge < -0.3 is 5.73 Å². The van der Waals surface area contributed by atoms with E-state index in [1.807, 2.05) is 19.1 Å². The summed E-state index contributed by atoms with van der Waals surface area (Å²) < 4.78 is 1.69. The highest BCUT2D eigenvalue weighted by molar-refractivity contribution is 5.29. The predicted octanol–water partition coefficient (Wildman–Crippen LogP) is 0.429. The lowest BCUT2D eigenvalue weighted by atomic mass is 10.3. The second-order valence-electron chi connectivity index (χ2n) is 2.96. The molecule has 0 aliphatic heterocycles. The van der Waals surface area contributed by atoms with Gasteiger partial charge in [0.2, 0.25) is 0 Å². The Labute approximate surface area is 81.6 Å². The molecule has 0 radical (unpaired) electrons. The van der Waals surface area contributed by atoms with Crippen LogP contribution in [-0.4, -0.2) is 19.7 Å². The van der Waals surface area contributed by atoms with Crippen LogP contribution in [0.4, 0.5) is 0 Å². The van der Waals surface area contributed by atoms with E-state index in [0.29, 0.717) is 12.4 Å². The Kier molecular flexibility index (Phi) is 2.24. The van der Waals surface area contributed by atoms with E-state index in [2.05, 4.69) is 15.1 Å². The largest absolute Gasteiger partial charge is 0.324 e. The summed E-state index contributed by atoms with van der Waals surface area (Å²) in [7, 11) is 0. The maximum Gasteiger partial charge on any atom is 0.164 e. The van der Waals surface area contributed by atoms with Gasteiger partial charge >= 0.3 is 0 Å². The number of pyridine rings is 1. The van der Waals surface area contributed by atoms with Crippen LogP contribution in [0.1, 0.15) is 11.5 Å². The Balaban J connectivity index is 2.39. The Morgan fingerprint density at radius 2 is 2.29 bits per heavy atom. The Morgan fingerprint density at radius 1 is 1.43 bits per heavy atom. The normalized spacial score (nSPS) is 10.4. The number of hydrogen-bond acceptors (Lipinski definition) is 4. The van der Waals surface area contributed by atoms with Gasteiger partial charge in [-0.05, 0) is 19.1 Å². The molecule has 0 saturated heterocycles. The van der Waals surface area contributed by atoms with Gasteiger partial charge in [-0.25, -0.2) is 9.67 Å². The first-order chi connectivity index (χ1) is 6.79. The average Bonchev–Trinajstić information content (AvgIpc) is 2.66. The lowest BCUT2D eigenvalue weighted by molar-refractivity contribution is 0.827. The van der Waals surface area contributed by atoms with Crippen molar-refractivity contribution in [2.75, 3.05) is 0 Å². The summed E-state index contributed by atoms with van der Waals surface area (Å²) in [6.45, 7) is 2.29. The van der Waals surface area contributed by atoms with Gasteiger partial charge in [-0.1, -0.05) is 0 Å². The molecule has 0 bridgehead atoms. The van der Waals surface area contributed by atoms with Crippen LogP contribution in [0.2, 0.25) is 0 Å². The zero-order chi connectivity index (χ0) is 9.97. The fraction of sp³-hybridized carbons (Fsp3) is 0.222. The Morgan fingerprint density at radius 3 is 2.93 bits per heavy atom. The van der Waals surface area contributed by atoms with E-state index in [0.717, 1.165) is 11.4 Å². The first-order valence-electron chi connectivity index (χ1n) is 4.33. The van der Waals surface area contributed by atoms with E-state index < -0.39 is 0 Å². The third-order valence-electron chi connectivity index (χ3n) is 1.87. The fourth-order valence-corrected chi connectivity index (χ4v) is 1.19. The van der Waals surface area contributed by atoms with Gasteiger partial charge in [0.1, 0.15) is 6.33 Å². The molecule has 0 unspecified atom stereocenters. The quantitative estimate of drug-likeness (QED) is 0.743. The van der Waals surface area contributed by atoms with Crippen LogP contribution < -0.4 is 5.73 Å². The number of nitrogens with two attached hydrogens (primary N) is 1. The maximum absolute atomic E-state index is 5.42. The minimum absolute atomic E-state index is 0.358. The third kappa shape index (κ3) is 1.62. The highest BCUT2D eigenvalue weighted by Crippen LogP contribution is 2.05. The van der Waals surface area contributed by atoms with Gasteiger partial charge in [-0.15, -0.1) is 5.10 Å². The van der Waals surface area contributed by atoms with Crippen molar-refractivity contribution in [3.8, 4) is 5.69 Å². The van der Waals surface area contributed by atoms with Crippen molar-refractivity contribution in [3.05, 3.63) is 36.2 Å². The van der Waals surface area contributed by atoms with E-state index in [1.54, 1.807) is 17.2 Å². The number of hydrogen-bond donors (Lipinski definition) is 1. The molecule has 0 aromatic carbocycles. The molecule has 2 heterocycles. The molecule has 0 spiro atoms. The summed E-state index contributed by atoms with van der Waals surface area (Å²) in [6, 6.07) is 3.82. The summed E-state index contributed by atoms with van der Waals surface area (Å²) in [5, 5.41) is 4.19. The van der Waals surface area contributed by atoms with Crippen molar-refractivity contribution in [1.29, 1.82) is 0 Å². The second-order valence-corrected chi connectivity index (χ2v) is 2.96. The molecule has 2 rings (SSSR count). The molecule has 0 fully saturated rings. The van der Waals surface area contributed by atoms with Gasteiger partial charge in [0.25, 0.3) is 0 Å². The minimum atomic E-state index is 0.358. The minimum Gasteiger partial charge on any atom is -0.324 e. The average molecular weight is 189 g/mol. The number of aromatic nitrogens is 4. The van der Waals surface area contributed by atoms with Gasteiger partial charge in [-0.2, -0.15) is 0 Å². The monoisotopic (exact) mass is 189 g/mol. The molecule has 0 amide bonds. The lowest BCUT2D eigenvalue weighted by Gasteiger charge is -1.99. The zero-order valence-corrected chi connectivity index (χ0v) is 7.88. The van der Waals surface area contributed by atoms with Gasteiger partial charge in [0.15, 0.2) is 5.82 Å². The SMILES string of the molecule is Cc1cc(-n2cnc(CN)n2)ccn1. The zero-order valence-electron chi connectivity index (χ0n) is 7.88. The standard InChI is InChI=1S/C9H11N5/c1-7-4-8(2-3-11-7)14-6-12-9(5-10)13-14/h2-4,6H,5,10H2,1H3. The van der Waals surface area contributed by atoms with Crippen LogP contribution in [0.5, 0.6) is 0 Å². The molecule has 72 valence electrons. The van der Waals surface area contributed by atoms with E-state index in [-0.39, 0.29) is 0 Å². The fourth-order valence-electron chi connectivity index (χ4n) is 1.19. The summed E-state index contributed by atoms with van der Waals surface area (Å²) in [5.41, 5.74) is 7.32. The summed E-state index contributed by atoms with van der Waals surface area (Å²) in [4.78, 5) is 8.15. The molecule has 2 N–H and O–H groups in total. The molecule has 0 aliphatic rings. The molecule has 5 heteroatoms. The number of aryl methyl sites for hydroxylation is 1. The van der Waals surface area contributed by atoms with Crippen molar-refractivity contribution >= 4 is 0 Å². The summed E-state index contributed by atoms with van der Waals surface area (Å²) in [5.74, 6) is 0.638. The van der Waals surface area contributed by atoms with Crippen molar-refractivity contribution in [2.24, 2.45) is 5.73 Å². The van der Waals surface area contributed by atoms with Gasteiger partial charge in [0, 0.05) is 11.9 Å². The molecular weight excluding hydrogens is 178 g/mol. The predicted molar refractivity (Wildman–Crippen MR) is 51.8 cm³/mol. The van der Waals surface area contributed by atoms with Crippen LogP contribution in [0.15, 0.2) is 24.7 Å². The van der Waals surface area contributed by atoms with Crippen molar-refractivity contribution in [3.63, 3.8) is 0 Å². The molecule has 2 aromatic rings. The summed E-state index contributed by atoms with van der Waals surface area (Å²) >= 11 is 0. The van der Waals surface area contributed by atoms with Crippen LogP contribution in [0.3, 0.4) is 0 Å². The van der Waals surface area contributed by atoms with E-state index in [4.69, 9.17) is 5.73 Å². The smallest absolute Gasteiger partial charge is 0.164 e. The topological polar surface area (TPSA) is 69.6 Å². The van der Waals surface area contributed by atoms with E-state index >= 15 is 0 Å².